The average Bonchev–Trinajstić information content (AvgIpc) is 3.22. The molecule has 1 fully saturated rings. The number of likely N-dealkylation sites (tertiary alicyclic amines) is 1. The maximum absolute atomic E-state index is 13.0. The van der Waals surface area contributed by atoms with Crippen LogP contribution in [0.1, 0.15) is 24.2 Å². The molecule has 1 saturated heterocycles. The lowest BCUT2D eigenvalue weighted by atomic mass is 9.95. The maximum Gasteiger partial charge on any atom is 0.317 e. The fourth-order valence-corrected chi connectivity index (χ4v) is 3.42. The number of amides is 2. The molecule has 4 rings (SSSR count). The molecule has 2 aromatic heterocycles. The number of piperidine rings is 1. The van der Waals surface area contributed by atoms with Gasteiger partial charge in [0.15, 0.2) is 5.82 Å². The molecule has 1 aromatic carbocycles. The zero-order valence-electron chi connectivity index (χ0n) is 15.8. The number of nitrogens with one attached hydrogen (secondary N) is 1. The molecule has 0 bridgehead atoms. The van der Waals surface area contributed by atoms with E-state index in [2.05, 4.69) is 25.4 Å². The Hall–Kier alpha value is -3.36. The number of halogens is 1. The molecule has 1 atom stereocenters. The van der Waals surface area contributed by atoms with Crippen LogP contribution in [0.5, 0.6) is 0 Å². The molecule has 29 heavy (non-hydrogen) atoms. The molecule has 150 valence electrons. The highest BCUT2D eigenvalue weighted by molar-refractivity contribution is 5.74. The molecule has 2 amide bonds. The van der Waals surface area contributed by atoms with E-state index >= 15 is 0 Å². The summed E-state index contributed by atoms with van der Waals surface area (Å²) in [5.74, 6) is 0.914. The third kappa shape index (κ3) is 4.92. The molecular weight excluding hydrogens is 375 g/mol. The molecule has 1 unspecified atom stereocenters. The Bertz CT molecular complexity index is 947. The largest absolute Gasteiger partial charge is 0.334 e. The van der Waals surface area contributed by atoms with Crippen LogP contribution in [-0.4, -0.2) is 44.1 Å². The minimum atomic E-state index is -0.289. The Kier molecular flexibility index (Phi) is 5.73. The van der Waals surface area contributed by atoms with Crippen molar-refractivity contribution in [3.8, 4) is 11.6 Å². The van der Waals surface area contributed by atoms with Crippen LogP contribution in [0.2, 0.25) is 0 Å². The van der Waals surface area contributed by atoms with Crippen molar-refractivity contribution >= 4 is 6.03 Å². The average molecular weight is 396 g/mol. The van der Waals surface area contributed by atoms with Gasteiger partial charge in [0.1, 0.15) is 11.5 Å². The first-order valence-electron chi connectivity index (χ1n) is 9.53. The lowest BCUT2D eigenvalue weighted by Crippen LogP contribution is -2.45. The van der Waals surface area contributed by atoms with Crippen molar-refractivity contribution < 1.29 is 13.7 Å². The molecule has 0 saturated carbocycles. The van der Waals surface area contributed by atoms with Crippen molar-refractivity contribution in [3.63, 3.8) is 0 Å². The van der Waals surface area contributed by atoms with Gasteiger partial charge in [0, 0.05) is 38.4 Å². The molecule has 3 aromatic rings. The van der Waals surface area contributed by atoms with Crippen molar-refractivity contribution in [1.29, 1.82) is 0 Å². The molecule has 0 spiro atoms. The third-order valence-corrected chi connectivity index (χ3v) is 4.88. The van der Waals surface area contributed by atoms with Crippen LogP contribution in [0, 0.1) is 11.7 Å². The van der Waals surface area contributed by atoms with Gasteiger partial charge in [-0.2, -0.15) is 4.98 Å². The van der Waals surface area contributed by atoms with Crippen LogP contribution in [0.25, 0.3) is 11.6 Å². The van der Waals surface area contributed by atoms with Gasteiger partial charge in [-0.25, -0.2) is 14.2 Å². The predicted octanol–water partition coefficient (Wildman–Crippen LogP) is 2.83. The summed E-state index contributed by atoms with van der Waals surface area (Å²) in [6, 6.07) is 5.99. The Morgan fingerprint density at radius 1 is 1.28 bits per heavy atom. The predicted molar refractivity (Wildman–Crippen MR) is 102 cm³/mol. The summed E-state index contributed by atoms with van der Waals surface area (Å²) >= 11 is 0. The molecule has 8 nitrogen and oxygen atoms in total. The number of carbonyl (C=O) groups excluding carboxylic acids is 1. The van der Waals surface area contributed by atoms with Gasteiger partial charge in [-0.15, -0.1) is 0 Å². The summed E-state index contributed by atoms with van der Waals surface area (Å²) in [6.45, 7) is 1.71. The summed E-state index contributed by atoms with van der Waals surface area (Å²) in [7, 11) is 0. The van der Waals surface area contributed by atoms with Gasteiger partial charge >= 0.3 is 6.03 Å². The highest BCUT2D eigenvalue weighted by Crippen LogP contribution is 2.21. The highest BCUT2D eigenvalue weighted by Gasteiger charge is 2.25. The first kappa shape index (κ1) is 19.0. The van der Waals surface area contributed by atoms with E-state index in [1.54, 1.807) is 35.6 Å². The minimum absolute atomic E-state index is 0.118. The minimum Gasteiger partial charge on any atom is -0.334 e. The van der Waals surface area contributed by atoms with Gasteiger partial charge in [-0.3, -0.25) is 4.98 Å². The Morgan fingerprint density at radius 3 is 2.93 bits per heavy atom. The van der Waals surface area contributed by atoms with Gasteiger partial charge in [-0.05, 0) is 36.5 Å². The smallest absolute Gasteiger partial charge is 0.317 e. The van der Waals surface area contributed by atoms with E-state index in [9.17, 15) is 9.18 Å². The van der Waals surface area contributed by atoms with E-state index in [1.807, 2.05) is 0 Å². The maximum atomic E-state index is 13.0. The fourth-order valence-electron chi connectivity index (χ4n) is 3.42. The summed E-state index contributed by atoms with van der Waals surface area (Å²) in [6.07, 6.45) is 7.28. The van der Waals surface area contributed by atoms with Gasteiger partial charge in [0.2, 0.25) is 0 Å². The van der Waals surface area contributed by atoms with E-state index in [-0.39, 0.29) is 17.8 Å². The first-order valence-corrected chi connectivity index (χ1v) is 9.53. The van der Waals surface area contributed by atoms with Crippen LogP contribution < -0.4 is 5.32 Å². The number of hydrogen-bond donors (Lipinski definition) is 1. The lowest BCUT2D eigenvalue weighted by molar-refractivity contribution is 0.164. The van der Waals surface area contributed by atoms with E-state index in [0.717, 1.165) is 18.4 Å². The monoisotopic (exact) mass is 396 g/mol. The van der Waals surface area contributed by atoms with Gasteiger partial charge < -0.3 is 14.7 Å². The first-order chi connectivity index (χ1) is 14.2. The second kappa shape index (κ2) is 8.76. The quantitative estimate of drug-likeness (QED) is 0.712. The molecule has 0 radical (unpaired) electrons. The van der Waals surface area contributed by atoms with Crippen molar-refractivity contribution in [1.82, 2.24) is 30.3 Å². The molecule has 0 aliphatic carbocycles. The van der Waals surface area contributed by atoms with Crippen molar-refractivity contribution in [2.75, 3.05) is 13.1 Å². The molecule has 1 aliphatic rings. The fraction of sp³-hybridized carbons (Fsp3) is 0.350. The number of rotatable bonds is 5. The molecule has 9 heteroatoms. The number of carbonyl (C=O) groups is 1. The van der Waals surface area contributed by atoms with Crippen molar-refractivity contribution in [2.24, 2.45) is 5.92 Å². The van der Waals surface area contributed by atoms with E-state index in [1.165, 1.54) is 12.1 Å². The van der Waals surface area contributed by atoms with Crippen LogP contribution >= 0.6 is 0 Å². The third-order valence-electron chi connectivity index (χ3n) is 4.88. The van der Waals surface area contributed by atoms with E-state index in [4.69, 9.17) is 4.52 Å². The molecule has 1 aliphatic heterocycles. The Morgan fingerprint density at radius 2 is 2.14 bits per heavy atom. The molecule has 1 N–H and O–H groups in total. The summed E-state index contributed by atoms with van der Waals surface area (Å²) in [4.78, 5) is 26.9. The zero-order chi connectivity index (χ0) is 20.1. The second-order valence-electron chi connectivity index (χ2n) is 7.05. The number of nitrogens with zero attached hydrogens (tertiary/aromatic N) is 5. The number of aromatic nitrogens is 4. The van der Waals surface area contributed by atoms with Crippen LogP contribution in [0.3, 0.4) is 0 Å². The highest BCUT2D eigenvalue weighted by atomic mass is 19.1. The normalized spacial score (nSPS) is 16.6. The Balaban J connectivity index is 1.30. The lowest BCUT2D eigenvalue weighted by Gasteiger charge is -2.32. The van der Waals surface area contributed by atoms with E-state index < -0.39 is 0 Å². The van der Waals surface area contributed by atoms with Crippen LogP contribution in [-0.2, 0) is 13.0 Å². The van der Waals surface area contributed by atoms with Crippen LogP contribution in [0.15, 0.2) is 47.4 Å². The summed E-state index contributed by atoms with van der Waals surface area (Å²) in [5.41, 5.74) is 1.40. The van der Waals surface area contributed by atoms with Crippen LogP contribution in [0.4, 0.5) is 9.18 Å². The van der Waals surface area contributed by atoms with Crippen molar-refractivity contribution in [2.45, 2.75) is 25.8 Å². The number of hydrogen-bond acceptors (Lipinski definition) is 6. The standard InChI is InChI=1S/C20H21FN6O2/c21-16-5-3-14(4-6-16)11-24-20(28)27-9-1-2-15(13-27)10-18-25-19(29-26-18)17-12-22-7-8-23-17/h3-8,12,15H,1-2,9-11,13H2,(H,24,28). The summed E-state index contributed by atoms with van der Waals surface area (Å²) < 4.78 is 18.3. The number of benzene rings is 1. The zero-order valence-corrected chi connectivity index (χ0v) is 15.8. The number of urea groups is 1. The molecular formula is C20H21FN6O2. The topological polar surface area (TPSA) is 97.0 Å². The van der Waals surface area contributed by atoms with Gasteiger partial charge in [0.05, 0.1) is 6.20 Å². The Labute approximate surface area is 167 Å². The second-order valence-corrected chi connectivity index (χ2v) is 7.05. The SMILES string of the molecule is O=C(NCc1ccc(F)cc1)N1CCCC(Cc2noc(-c3cnccn3)n2)C1. The summed E-state index contributed by atoms with van der Waals surface area (Å²) in [5, 5.41) is 6.93. The van der Waals surface area contributed by atoms with E-state index in [0.29, 0.717) is 43.5 Å². The van der Waals surface area contributed by atoms with Gasteiger partial charge in [-0.1, -0.05) is 17.3 Å². The molecule has 3 heterocycles. The van der Waals surface area contributed by atoms with Crippen molar-refractivity contribution in [3.05, 3.63) is 60.1 Å². The van der Waals surface area contributed by atoms with Gasteiger partial charge in [0.25, 0.3) is 5.89 Å².